The molecule has 0 aromatic rings. The molecular weight excluding hydrogens is 169 g/mol. The average Bonchev–Trinajstić information content (AvgIpc) is 1.86. The largest absolute Gasteiger partial charge is 0.611 e. The molecule has 0 aromatic carbocycles. The summed E-state index contributed by atoms with van der Waals surface area (Å²) < 4.78 is 14.7. The fourth-order valence-electron chi connectivity index (χ4n) is 0.486. The summed E-state index contributed by atoms with van der Waals surface area (Å²) in [6.45, 7) is 3.40. The van der Waals surface area contributed by atoms with E-state index in [-0.39, 0.29) is 6.61 Å². The molecule has 6 heteroatoms. The number of carbonyl (C=O) groups excluding carboxylic acids is 1. The van der Waals surface area contributed by atoms with Crippen LogP contribution >= 0.6 is 8.18 Å². The van der Waals surface area contributed by atoms with Gasteiger partial charge in [-0.25, -0.2) is 0 Å². The number of rotatable bonds is 4. The molecule has 0 saturated heterocycles. The van der Waals surface area contributed by atoms with Crippen LogP contribution in [0.25, 0.3) is 0 Å². The lowest BCUT2D eigenvalue weighted by atomic mass is 10.4. The Morgan fingerprint density at radius 2 is 2.36 bits per heavy atom. The SMILES string of the molecule is CCOC(=O)[C@H](C)N[P+](=O)O. The first-order valence-electron chi connectivity index (χ1n) is 3.16. The van der Waals surface area contributed by atoms with Gasteiger partial charge in [-0.3, -0.25) is 4.79 Å². The molecule has 0 aliphatic carbocycles. The molecule has 2 atom stereocenters. The van der Waals surface area contributed by atoms with Crippen molar-refractivity contribution < 1.29 is 19.0 Å². The van der Waals surface area contributed by atoms with Crippen LogP contribution in [0.15, 0.2) is 0 Å². The quantitative estimate of drug-likeness (QED) is 0.476. The van der Waals surface area contributed by atoms with Gasteiger partial charge in [-0.1, -0.05) is 5.09 Å². The highest BCUT2D eigenvalue weighted by molar-refractivity contribution is 7.35. The Hall–Kier alpha value is -0.510. The van der Waals surface area contributed by atoms with Crippen LogP contribution in [0.1, 0.15) is 13.8 Å². The zero-order valence-corrected chi connectivity index (χ0v) is 7.30. The van der Waals surface area contributed by atoms with Gasteiger partial charge in [0.1, 0.15) is 6.04 Å². The van der Waals surface area contributed by atoms with Crippen LogP contribution < -0.4 is 5.09 Å². The molecule has 0 aliphatic rings. The molecule has 1 unspecified atom stereocenters. The van der Waals surface area contributed by atoms with E-state index in [1.54, 1.807) is 6.92 Å². The summed E-state index contributed by atoms with van der Waals surface area (Å²) >= 11 is 0. The molecule has 0 amide bonds. The molecular formula is C5H11NO4P+. The summed E-state index contributed by atoms with van der Waals surface area (Å²) in [5.41, 5.74) is 0. The Balaban J connectivity index is 3.73. The molecule has 0 saturated carbocycles. The molecule has 0 fully saturated rings. The van der Waals surface area contributed by atoms with Crippen molar-refractivity contribution in [1.82, 2.24) is 5.09 Å². The van der Waals surface area contributed by atoms with Crippen molar-refractivity contribution in [3.05, 3.63) is 0 Å². The number of carbonyl (C=O) groups is 1. The molecule has 0 radical (unpaired) electrons. The second-order valence-electron chi connectivity index (χ2n) is 1.88. The van der Waals surface area contributed by atoms with E-state index in [0.29, 0.717) is 0 Å². The molecule has 0 spiro atoms. The minimum atomic E-state index is -2.48. The van der Waals surface area contributed by atoms with E-state index >= 15 is 0 Å². The standard InChI is InChI=1S/C5H10NO4P/c1-3-10-5(7)4(2)6-11(8)9/h4H,3H2,1-2H3,(H-,6,8,9)/p+1/t4-/m0/s1. The molecule has 0 rings (SSSR count). The highest BCUT2D eigenvalue weighted by Gasteiger charge is 2.22. The van der Waals surface area contributed by atoms with Gasteiger partial charge in [0, 0.05) is 0 Å². The number of esters is 1. The summed E-state index contributed by atoms with van der Waals surface area (Å²) in [7, 11) is -2.48. The van der Waals surface area contributed by atoms with Crippen LogP contribution in [0.3, 0.4) is 0 Å². The Bertz CT molecular complexity index is 161. The molecule has 11 heavy (non-hydrogen) atoms. The lowest BCUT2D eigenvalue weighted by Gasteiger charge is -2.03. The maximum Gasteiger partial charge on any atom is 0.611 e. The van der Waals surface area contributed by atoms with Crippen molar-refractivity contribution in [2.24, 2.45) is 0 Å². The maximum atomic E-state index is 10.8. The highest BCUT2D eigenvalue weighted by Crippen LogP contribution is 2.07. The monoisotopic (exact) mass is 180 g/mol. The van der Waals surface area contributed by atoms with Gasteiger partial charge < -0.3 is 4.74 Å². The normalized spacial score (nSPS) is 13.9. The summed E-state index contributed by atoms with van der Waals surface area (Å²) in [6, 6.07) is -0.733. The summed E-state index contributed by atoms with van der Waals surface area (Å²) in [4.78, 5) is 19.1. The number of ether oxygens (including phenoxy) is 1. The fraction of sp³-hybridized carbons (Fsp3) is 0.800. The Morgan fingerprint density at radius 3 is 2.73 bits per heavy atom. The zero-order chi connectivity index (χ0) is 8.85. The average molecular weight is 180 g/mol. The first-order chi connectivity index (χ1) is 5.07. The van der Waals surface area contributed by atoms with Gasteiger partial charge in [0.2, 0.25) is 0 Å². The second-order valence-corrected chi connectivity index (χ2v) is 2.68. The van der Waals surface area contributed by atoms with E-state index in [2.05, 4.69) is 9.82 Å². The Morgan fingerprint density at radius 1 is 1.82 bits per heavy atom. The van der Waals surface area contributed by atoms with Gasteiger partial charge >= 0.3 is 14.1 Å². The van der Waals surface area contributed by atoms with E-state index < -0.39 is 20.2 Å². The van der Waals surface area contributed by atoms with Gasteiger partial charge in [0.15, 0.2) is 0 Å². The van der Waals surface area contributed by atoms with Crippen LogP contribution in [0.2, 0.25) is 0 Å². The number of hydrogen-bond donors (Lipinski definition) is 2. The van der Waals surface area contributed by atoms with E-state index in [0.717, 1.165) is 0 Å². The van der Waals surface area contributed by atoms with Crippen LogP contribution in [0.4, 0.5) is 0 Å². The van der Waals surface area contributed by atoms with Crippen molar-refractivity contribution in [2.45, 2.75) is 19.9 Å². The first-order valence-corrected chi connectivity index (χ1v) is 4.38. The van der Waals surface area contributed by atoms with Crippen molar-refractivity contribution in [1.29, 1.82) is 0 Å². The molecule has 0 bridgehead atoms. The maximum absolute atomic E-state index is 10.8. The third-order valence-electron chi connectivity index (χ3n) is 0.944. The number of nitrogens with one attached hydrogen (secondary N) is 1. The molecule has 0 heterocycles. The van der Waals surface area contributed by atoms with Crippen LogP contribution in [0.5, 0.6) is 0 Å². The van der Waals surface area contributed by atoms with Gasteiger partial charge in [-0.05, 0) is 18.4 Å². The number of hydrogen-bond acceptors (Lipinski definition) is 3. The molecule has 64 valence electrons. The first kappa shape index (κ1) is 10.5. The van der Waals surface area contributed by atoms with Crippen molar-refractivity contribution in [3.63, 3.8) is 0 Å². The summed E-state index contributed by atoms with van der Waals surface area (Å²) in [5.74, 6) is -0.523. The van der Waals surface area contributed by atoms with Crippen molar-refractivity contribution >= 4 is 14.1 Å². The third-order valence-corrected chi connectivity index (χ3v) is 1.55. The van der Waals surface area contributed by atoms with E-state index in [1.165, 1.54) is 6.92 Å². The molecule has 0 aliphatic heterocycles. The Labute approximate surface area is 65.7 Å². The zero-order valence-electron chi connectivity index (χ0n) is 6.40. The molecule has 0 aromatic heterocycles. The molecule has 2 N–H and O–H groups in total. The van der Waals surface area contributed by atoms with E-state index in [4.69, 9.17) is 4.89 Å². The fourth-order valence-corrected chi connectivity index (χ4v) is 0.922. The third kappa shape index (κ3) is 4.84. The van der Waals surface area contributed by atoms with E-state index in [9.17, 15) is 9.36 Å². The topological polar surface area (TPSA) is 75.6 Å². The predicted molar refractivity (Wildman–Crippen MR) is 39.1 cm³/mol. The second kappa shape index (κ2) is 5.18. The smallest absolute Gasteiger partial charge is 0.465 e. The minimum absolute atomic E-state index is 0.271. The summed E-state index contributed by atoms with van der Waals surface area (Å²) in [6.07, 6.45) is 0. The molecule has 5 nitrogen and oxygen atoms in total. The van der Waals surface area contributed by atoms with E-state index in [1.807, 2.05) is 0 Å². The van der Waals surface area contributed by atoms with Gasteiger partial charge in [-0.2, -0.15) is 0 Å². The van der Waals surface area contributed by atoms with Gasteiger partial charge in [-0.15, -0.1) is 4.89 Å². The summed E-state index contributed by atoms with van der Waals surface area (Å²) in [5, 5.41) is 2.12. The van der Waals surface area contributed by atoms with Crippen molar-refractivity contribution in [2.75, 3.05) is 6.61 Å². The highest BCUT2D eigenvalue weighted by atomic mass is 31.1. The Kier molecular flexibility index (Phi) is 4.94. The van der Waals surface area contributed by atoms with Crippen LogP contribution in [-0.2, 0) is 14.1 Å². The van der Waals surface area contributed by atoms with Gasteiger partial charge in [0.05, 0.1) is 6.61 Å². The minimum Gasteiger partial charge on any atom is -0.465 e. The predicted octanol–water partition coefficient (Wildman–Crippen LogP) is 0.177. The van der Waals surface area contributed by atoms with Crippen molar-refractivity contribution in [3.8, 4) is 0 Å². The van der Waals surface area contributed by atoms with Crippen LogP contribution in [0, 0.1) is 0 Å². The lowest BCUT2D eigenvalue weighted by Crippen LogP contribution is -2.30. The lowest BCUT2D eigenvalue weighted by molar-refractivity contribution is -0.144. The van der Waals surface area contributed by atoms with Gasteiger partial charge in [0.25, 0.3) is 0 Å². The van der Waals surface area contributed by atoms with Crippen LogP contribution in [-0.4, -0.2) is 23.5 Å².